The monoisotopic (exact) mass is 350 g/mol. The summed E-state index contributed by atoms with van der Waals surface area (Å²) in [7, 11) is 0. The molecule has 0 saturated heterocycles. The summed E-state index contributed by atoms with van der Waals surface area (Å²) in [5, 5.41) is 11.2. The van der Waals surface area contributed by atoms with Crippen molar-refractivity contribution in [3.63, 3.8) is 0 Å². The molecule has 2 amide bonds. The zero-order valence-corrected chi connectivity index (χ0v) is 14.4. The summed E-state index contributed by atoms with van der Waals surface area (Å²) in [6, 6.07) is 1.83. The molecule has 2 aliphatic rings. The lowest BCUT2D eigenvalue weighted by molar-refractivity contribution is -0.149. The predicted octanol–water partition coefficient (Wildman–Crippen LogP) is 2.21. The predicted molar refractivity (Wildman–Crippen MR) is 89.4 cm³/mol. The van der Waals surface area contributed by atoms with E-state index in [4.69, 9.17) is 0 Å². The highest BCUT2D eigenvalue weighted by Crippen LogP contribution is 2.52. The first-order valence-corrected chi connectivity index (χ1v) is 9.29. The van der Waals surface area contributed by atoms with Gasteiger partial charge >= 0.3 is 5.97 Å². The molecule has 4 atom stereocenters. The molecule has 2 fully saturated rings. The van der Waals surface area contributed by atoms with Gasteiger partial charge in [-0.2, -0.15) is 0 Å². The van der Waals surface area contributed by atoms with Crippen LogP contribution < -0.4 is 10.9 Å². The largest absolute Gasteiger partial charge is 0.481 e. The van der Waals surface area contributed by atoms with E-state index in [0.717, 1.165) is 37.0 Å². The Kier molecular flexibility index (Phi) is 4.89. The Morgan fingerprint density at radius 3 is 2.58 bits per heavy atom. The molecule has 0 aromatic carbocycles. The molecule has 3 N–H and O–H groups in total. The summed E-state index contributed by atoms with van der Waals surface area (Å²) in [6.07, 6.45) is 4.51. The van der Waals surface area contributed by atoms with Crippen LogP contribution >= 0.6 is 11.3 Å². The summed E-state index contributed by atoms with van der Waals surface area (Å²) in [5.41, 5.74) is 5.38. The highest BCUT2D eigenvalue weighted by atomic mass is 32.1. The van der Waals surface area contributed by atoms with Gasteiger partial charge in [0.25, 0.3) is 5.91 Å². The number of hydrogen-bond acceptors (Lipinski definition) is 4. The Labute approximate surface area is 144 Å². The van der Waals surface area contributed by atoms with E-state index in [2.05, 4.69) is 17.8 Å². The first-order chi connectivity index (χ1) is 11.5. The van der Waals surface area contributed by atoms with E-state index in [1.807, 2.05) is 6.07 Å². The fraction of sp³-hybridized carbons (Fsp3) is 0.588. The van der Waals surface area contributed by atoms with Gasteiger partial charge in [0.15, 0.2) is 0 Å². The molecular weight excluding hydrogens is 328 g/mol. The number of aliphatic carboxylic acids is 1. The van der Waals surface area contributed by atoms with Gasteiger partial charge in [-0.1, -0.05) is 13.3 Å². The molecule has 6 nitrogen and oxygen atoms in total. The Hall–Kier alpha value is -1.89. The van der Waals surface area contributed by atoms with Crippen molar-refractivity contribution in [3.8, 4) is 0 Å². The molecule has 3 rings (SSSR count). The van der Waals surface area contributed by atoms with Crippen molar-refractivity contribution in [1.82, 2.24) is 10.9 Å². The van der Waals surface area contributed by atoms with Gasteiger partial charge in [-0.25, -0.2) is 0 Å². The molecule has 130 valence electrons. The van der Waals surface area contributed by atoms with Crippen molar-refractivity contribution in [2.75, 3.05) is 0 Å². The summed E-state index contributed by atoms with van der Waals surface area (Å²) in [5.74, 6) is -2.62. The molecule has 7 heteroatoms. The number of carboxylic acids is 1. The van der Waals surface area contributed by atoms with E-state index in [1.165, 1.54) is 11.3 Å². The van der Waals surface area contributed by atoms with Crippen molar-refractivity contribution >= 4 is 29.1 Å². The Morgan fingerprint density at radius 2 is 1.92 bits per heavy atom. The number of carbonyl (C=O) groups excluding carboxylic acids is 2. The van der Waals surface area contributed by atoms with Crippen LogP contribution in [0.5, 0.6) is 0 Å². The fourth-order valence-electron chi connectivity index (χ4n) is 4.17. The van der Waals surface area contributed by atoms with Crippen LogP contribution in [0.15, 0.2) is 11.4 Å². The lowest BCUT2D eigenvalue weighted by Gasteiger charge is -2.26. The van der Waals surface area contributed by atoms with Crippen molar-refractivity contribution in [1.29, 1.82) is 0 Å². The number of carboxylic acid groups (broad SMARTS) is 1. The Bertz CT molecular complexity index is 657. The second kappa shape index (κ2) is 6.93. The molecule has 1 heterocycles. The quantitative estimate of drug-likeness (QED) is 0.710. The molecule has 0 radical (unpaired) electrons. The molecule has 24 heavy (non-hydrogen) atoms. The summed E-state index contributed by atoms with van der Waals surface area (Å²) in [4.78, 5) is 37.1. The average molecular weight is 350 g/mol. The molecule has 2 aliphatic carbocycles. The van der Waals surface area contributed by atoms with Crippen molar-refractivity contribution in [2.45, 2.75) is 39.0 Å². The number of nitrogens with one attached hydrogen (secondary N) is 2. The molecule has 2 saturated carbocycles. The minimum absolute atomic E-state index is 0.0902. The van der Waals surface area contributed by atoms with Crippen LogP contribution in [0.1, 0.15) is 47.8 Å². The van der Waals surface area contributed by atoms with Crippen LogP contribution in [-0.4, -0.2) is 22.9 Å². The summed E-state index contributed by atoms with van der Waals surface area (Å²) >= 11 is 1.52. The SMILES string of the molecule is CCCc1cc(C(=O)NNC(=O)[C@@H]2[C@@H]3CC[C@@H](C3)[C@@H]2C(=O)O)cs1. The number of rotatable bonds is 5. The number of aryl methyl sites for hydroxylation is 1. The maximum Gasteiger partial charge on any atom is 0.307 e. The van der Waals surface area contributed by atoms with Crippen molar-refractivity contribution < 1.29 is 19.5 Å². The van der Waals surface area contributed by atoms with Crippen LogP contribution in [0.25, 0.3) is 0 Å². The number of fused-ring (bicyclic) bond motifs is 2. The first kappa shape index (κ1) is 17.0. The zero-order chi connectivity index (χ0) is 17.3. The summed E-state index contributed by atoms with van der Waals surface area (Å²) < 4.78 is 0. The highest BCUT2D eigenvalue weighted by molar-refractivity contribution is 7.10. The van der Waals surface area contributed by atoms with E-state index in [-0.39, 0.29) is 23.7 Å². The van der Waals surface area contributed by atoms with Gasteiger partial charge in [0.05, 0.1) is 17.4 Å². The van der Waals surface area contributed by atoms with Crippen molar-refractivity contribution in [2.24, 2.45) is 23.7 Å². The fourth-order valence-corrected chi connectivity index (χ4v) is 5.15. The number of thiophene rings is 1. The molecule has 0 unspecified atom stereocenters. The van der Waals surface area contributed by atoms with E-state index in [0.29, 0.717) is 5.56 Å². The number of carbonyl (C=O) groups is 3. The number of hydrazine groups is 1. The second-order valence-electron chi connectivity index (χ2n) is 6.72. The van der Waals surface area contributed by atoms with E-state index in [9.17, 15) is 19.5 Å². The van der Waals surface area contributed by atoms with Crippen LogP contribution in [-0.2, 0) is 16.0 Å². The smallest absolute Gasteiger partial charge is 0.307 e. The lowest BCUT2D eigenvalue weighted by atomic mass is 9.79. The maximum absolute atomic E-state index is 12.4. The molecule has 0 spiro atoms. The number of hydrogen-bond donors (Lipinski definition) is 3. The minimum Gasteiger partial charge on any atom is -0.481 e. The van der Waals surface area contributed by atoms with Crippen LogP contribution in [0.4, 0.5) is 0 Å². The third kappa shape index (κ3) is 3.17. The van der Waals surface area contributed by atoms with Gasteiger partial charge < -0.3 is 5.11 Å². The molecule has 2 bridgehead atoms. The second-order valence-corrected chi connectivity index (χ2v) is 7.71. The standard InChI is InChI=1S/C17H22N2O4S/c1-2-3-12-7-11(8-24-12)15(20)18-19-16(21)13-9-4-5-10(6-9)14(13)17(22)23/h7-10,13-14H,2-6H2,1H3,(H,18,20)(H,19,21)(H,22,23)/t9-,10+,13-,14+/m1/s1. The molecular formula is C17H22N2O4S. The van der Waals surface area contributed by atoms with Crippen molar-refractivity contribution in [3.05, 3.63) is 21.9 Å². The van der Waals surface area contributed by atoms with Gasteiger partial charge in [0, 0.05) is 10.3 Å². The van der Waals surface area contributed by atoms with E-state index >= 15 is 0 Å². The van der Waals surface area contributed by atoms with Crippen LogP contribution in [0.3, 0.4) is 0 Å². The highest BCUT2D eigenvalue weighted by Gasteiger charge is 2.54. The van der Waals surface area contributed by atoms with Crippen LogP contribution in [0, 0.1) is 23.7 Å². The normalized spacial score (nSPS) is 27.9. The Balaban J connectivity index is 1.58. The molecule has 1 aromatic rings. The third-order valence-electron chi connectivity index (χ3n) is 5.22. The Morgan fingerprint density at radius 1 is 1.21 bits per heavy atom. The molecule has 1 aromatic heterocycles. The average Bonchev–Trinajstić information content (AvgIpc) is 3.27. The van der Waals surface area contributed by atoms with Gasteiger partial charge in [0.1, 0.15) is 0 Å². The lowest BCUT2D eigenvalue weighted by Crippen LogP contribution is -2.48. The third-order valence-corrected chi connectivity index (χ3v) is 6.21. The molecule has 0 aliphatic heterocycles. The topological polar surface area (TPSA) is 95.5 Å². The van der Waals surface area contributed by atoms with Gasteiger partial charge in [0.2, 0.25) is 5.91 Å². The van der Waals surface area contributed by atoms with Crippen LogP contribution in [0.2, 0.25) is 0 Å². The van der Waals surface area contributed by atoms with E-state index in [1.54, 1.807) is 5.38 Å². The van der Waals surface area contributed by atoms with E-state index < -0.39 is 17.8 Å². The number of amides is 2. The minimum atomic E-state index is -0.907. The van der Waals surface area contributed by atoms with Gasteiger partial charge in [-0.15, -0.1) is 11.3 Å². The van der Waals surface area contributed by atoms with Gasteiger partial charge in [-0.05, 0) is 43.6 Å². The van der Waals surface area contributed by atoms with Gasteiger partial charge in [-0.3, -0.25) is 25.2 Å². The maximum atomic E-state index is 12.4. The summed E-state index contributed by atoms with van der Waals surface area (Å²) in [6.45, 7) is 2.08. The zero-order valence-electron chi connectivity index (χ0n) is 13.6. The first-order valence-electron chi connectivity index (χ1n) is 8.41.